The number of para-hydroxylation sites is 1. The van der Waals surface area contributed by atoms with Gasteiger partial charge in [-0.2, -0.15) is 0 Å². The minimum absolute atomic E-state index is 0.0259. The lowest BCUT2D eigenvalue weighted by atomic mass is 9.82. The largest absolute Gasteiger partial charge is 0.455 e. The van der Waals surface area contributed by atoms with Crippen LogP contribution in [0.4, 0.5) is 0 Å². The van der Waals surface area contributed by atoms with Crippen molar-refractivity contribution in [2.45, 2.75) is 25.7 Å². The molecule has 1 aromatic heterocycles. The van der Waals surface area contributed by atoms with Crippen LogP contribution in [0, 0.1) is 0 Å². The SMILES string of the molecule is CC1(C)c2ccccc2-c2cc(Cc3cccc4c3oc3c(-c5ccccc5)cc5ccccc5c34)ccc21. The molecule has 1 nitrogen and oxygen atoms in total. The molecule has 1 heterocycles. The Labute approximate surface area is 228 Å². The van der Waals surface area contributed by atoms with E-state index in [2.05, 4.69) is 135 Å². The second-order valence-electron chi connectivity index (χ2n) is 11.3. The van der Waals surface area contributed by atoms with Crippen LogP contribution in [0.2, 0.25) is 0 Å². The van der Waals surface area contributed by atoms with E-state index in [0.717, 1.165) is 23.2 Å². The van der Waals surface area contributed by atoms with Crippen LogP contribution >= 0.6 is 0 Å². The summed E-state index contributed by atoms with van der Waals surface area (Å²) in [7, 11) is 0. The highest BCUT2D eigenvalue weighted by molar-refractivity contribution is 6.22. The first kappa shape index (κ1) is 22.4. The predicted octanol–water partition coefficient (Wildman–Crippen LogP) is 10.3. The first-order valence-electron chi connectivity index (χ1n) is 13.7. The van der Waals surface area contributed by atoms with Crippen molar-refractivity contribution in [2.24, 2.45) is 0 Å². The number of benzene rings is 6. The Morgan fingerprint density at radius 3 is 2.21 bits per heavy atom. The van der Waals surface area contributed by atoms with E-state index in [1.54, 1.807) is 0 Å². The van der Waals surface area contributed by atoms with Gasteiger partial charge in [0.15, 0.2) is 0 Å². The van der Waals surface area contributed by atoms with Gasteiger partial charge in [0.05, 0.1) is 0 Å². The maximum absolute atomic E-state index is 6.83. The van der Waals surface area contributed by atoms with E-state index in [9.17, 15) is 0 Å². The van der Waals surface area contributed by atoms with Crippen molar-refractivity contribution in [1.82, 2.24) is 0 Å². The summed E-state index contributed by atoms with van der Waals surface area (Å²) in [5, 5.41) is 4.86. The molecule has 0 saturated carbocycles. The molecule has 0 amide bonds. The van der Waals surface area contributed by atoms with Gasteiger partial charge in [0.25, 0.3) is 0 Å². The Morgan fingerprint density at radius 2 is 1.31 bits per heavy atom. The number of furan rings is 1. The maximum atomic E-state index is 6.83. The van der Waals surface area contributed by atoms with Gasteiger partial charge in [-0.3, -0.25) is 0 Å². The average molecular weight is 501 g/mol. The zero-order chi connectivity index (χ0) is 26.1. The summed E-state index contributed by atoms with van der Waals surface area (Å²) in [4.78, 5) is 0. The quantitative estimate of drug-likeness (QED) is 0.235. The van der Waals surface area contributed by atoms with E-state index in [4.69, 9.17) is 4.42 Å². The summed E-state index contributed by atoms with van der Waals surface area (Å²) in [5.41, 5.74) is 12.4. The van der Waals surface area contributed by atoms with E-state index < -0.39 is 0 Å². The van der Waals surface area contributed by atoms with E-state index in [1.165, 1.54) is 60.5 Å². The summed E-state index contributed by atoms with van der Waals surface area (Å²) < 4.78 is 6.83. The molecule has 0 aliphatic heterocycles. The highest BCUT2D eigenvalue weighted by atomic mass is 16.3. The van der Waals surface area contributed by atoms with E-state index in [-0.39, 0.29) is 5.41 Å². The minimum Gasteiger partial charge on any atom is -0.455 e. The van der Waals surface area contributed by atoms with Crippen LogP contribution in [-0.2, 0) is 11.8 Å². The Hall–Kier alpha value is -4.62. The van der Waals surface area contributed by atoms with Gasteiger partial charge in [0, 0.05) is 28.2 Å². The Balaban J connectivity index is 1.33. The third-order valence-electron chi connectivity index (χ3n) is 8.70. The fraction of sp³-hybridized carbons (Fsp3) is 0.105. The van der Waals surface area contributed by atoms with Gasteiger partial charge in [-0.25, -0.2) is 0 Å². The maximum Gasteiger partial charge on any atom is 0.143 e. The summed E-state index contributed by atoms with van der Waals surface area (Å²) in [5.74, 6) is 0. The molecule has 0 atom stereocenters. The van der Waals surface area contributed by atoms with Crippen molar-refractivity contribution in [2.75, 3.05) is 0 Å². The van der Waals surface area contributed by atoms with Gasteiger partial charge >= 0.3 is 0 Å². The third-order valence-corrected chi connectivity index (χ3v) is 8.70. The molecule has 1 heteroatoms. The first-order valence-corrected chi connectivity index (χ1v) is 13.7. The molecular formula is C38H28O. The number of hydrogen-bond donors (Lipinski definition) is 0. The van der Waals surface area contributed by atoms with Crippen LogP contribution in [0.3, 0.4) is 0 Å². The monoisotopic (exact) mass is 500 g/mol. The molecule has 1 aliphatic rings. The lowest BCUT2D eigenvalue weighted by molar-refractivity contribution is 0.660. The van der Waals surface area contributed by atoms with Crippen LogP contribution in [0.5, 0.6) is 0 Å². The van der Waals surface area contributed by atoms with Crippen LogP contribution in [-0.4, -0.2) is 0 Å². The molecule has 0 fully saturated rings. The van der Waals surface area contributed by atoms with Gasteiger partial charge in [-0.15, -0.1) is 0 Å². The normalized spacial score (nSPS) is 13.7. The second kappa shape index (κ2) is 8.19. The molecule has 186 valence electrons. The topological polar surface area (TPSA) is 13.1 Å². The molecule has 0 bridgehead atoms. The van der Waals surface area contributed by atoms with Crippen LogP contribution in [0.15, 0.2) is 126 Å². The molecule has 39 heavy (non-hydrogen) atoms. The van der Waals surface area contributed by atoms with Crippen molar-refractivity contribution < 1.29 is 4.42 Å². The smallest absolute Gasteiger partial charge is 0.143 e. The van der Waals surface area contributed by atoms with Crippen LogP contribution in [0.1, 0.15) is 36.1 Å². The number of fused-ring (bicyclic) bond motifs is 8. The standard InChI is InChI=1S/C38H28O/c1-38(2)33-18-9-8-16-29(33)32-22-24(19-20-34(32)38)21-27-14-10-17-30-35-28-15-7-6-13-26(28)23-31(37(35)39-36(27)30)25-11-4-3-5-12-25/h3-20,22-23H,21H2,1-2H3. The van der Waals surface area contributed by atoms with Crippen LogP contribution < -0.4 is 0 Å². The molecular weight excluding hydrogens is 472 g/mol. The van der Waals surface area contributed by atoms with Gasteiger partial charge in [-0.1, -0.05) is 129 Å². The summed E-state index contributed by atoms with van der Waals surface area (Å²) in [6.45, 7) is 4.67. The average Bonchev–Trinajstić information content (AvgIpc) is 3.47. The molecule has 1 aliphatic carbocycles. The number of rotatable bonds is 3. The molecule has 0 radical (unpaired) electrons. The second-order valence-corrected chi connectivity index (χ2v) is 11.3. The van der Waals surface area contributed by atoms with Crippen molar-refractivity contribution in [3.63, 3.8) is 0 Å². The van der Waals surface area contributed by atoms with E-state index in [0.29, 0.717) is 0 Å². The molecule has 0 saturated heterocycles. The highest BCUT2D eigenvalue weighted by Gasteiger charge is 2.35. The molecule has 8 rings (SSSR count). The lowest BCUT2D eigenvalue weighted by Gasteiger charge is -2.21. The van der Waals surface area contributed by atoms with Crippen molar-refractivity contribution in [3.8, 4) is 22.3 Å². The van der Waals surface area contributed by atoms with Crippen molar-refractivity contribution in [1.29, 1.82) is 0 Å². The third kappa shape index (κ3) is 3.26. The Kier molecular flexibility index (Phi) is 4.70. The summed E-state index contributed by atoms with van der Waals surface area (Å²) in [6.07, 6.45) is 0.825. The molecule has 0 spiro atoms. The Bertz CT molecular complexity index is 2060. The lowest BCUT2D eigenvalue weighted by Crippen LogP contribution is -2.14. The predicted molar refractivity (Wildman–Crippen MR) is 163 cm³/mol. The number of hydrogen-bond acceptors (Lipinski definition) is 1. The van der Waals surface area contributed by atoms with Gasteiger partial charge < -0.3 is 4.42 Å². The highest BCUT2D eigenvalue weighted by Crippen LogP contribution is 2.49. The van der Waals surface area contributed by atoms with Crippen LogP contribution in [0.25, 0.3) is 55.0 Å². The summed E-state index contributed by atoms with van der Waals surface area (Å²) in [6, 6.07) is 44.0. The fourth-order valence-electron chi connectivity index (χ4n) is 6.77. The Morgan fingerprint density at radius 1 is 0.564 bits per heavy atom. The fourth-order valence-corrected chi connectivity index (χ4v) is 6.77. The molecule has 7 aromatic rings. The summed E-state index contributed by atoms with van der Waals surface area (Å²) >= 11 is 0. The van der Waals surface area contributed by atoms with E-state index in [1.807, 2.05) is 0 Å². The minimum atomic E-state index is 0.0259. The van der Waals surface area contributed by atoms with Gasteiger partial charge in [0.1, 0.15) is 11.2 Å². The first-order chi connectivity index (χ1) is 19.1. The van der Waals surface area contributed by atoms with E-state index >= 15 is 0 Å². The van der Waals surface area contributed by atoms with Crippen molar-refractivity contribution in [3.05, 3.63) is 144 Å². The van der Waals surface area contributed by atoms with Gasteiger partial charge in [-0.05, 0) is 55.8 Å². The van der Waals surface area contributed by atoms with Crippen molar-refractivity contribution >= 4 is 32.7 Å². The molecule has 0 N–H and O–H groups in total. The van der Waals surface area contributed by atoms with Gasteiger partial charge in [0.2, 0.25) is 0 Å². The zero-order valence-electron chi connectivity index (χ0n) is 22.2. The molecule has 0 unspecified atom stereocenters. The zero-order valence-corrected chi connectivity index (χ0v) is 22.2. The molecule has 6 aromatic carbocycles.